The summed E-state index contributed by atoms with van der Waals surface area (Å²) in [6, 6.07) is 9.90. The summed E-state index contributed by atoms with van der Waals surface area (Å²) < 4.78 is 0. The Balaban J connectivity index is 2.86. The quantitative estimate of drug-likeness (QED) is 0.800. The maximum absolute atomic E-state index is 11.0. The van der Waals surface area contributed by atoms with Crippen molar-refractivity contribution in [1.82, 2.24) is 5.32 Å². The molecule has 0 heterocycles. The first kappa shape index (κ1) is 11.5. The van der Waals surface area contributed by atoms with Gasteiger partial charge in [0.25, 0.3) is 0 Å². The first-order valence-corrected chi connectivity index (χ1v) is 5.27. The molecular formula is C13H17NO. The fourth-order valence-electron chi connectivity index (χ4n) is 1.34. The van der Waals surface area contributed by atoms with Crippen molar-refractivity contribution in [1.29, 1.82) is 0 Å². The molecule has 1 rings (SSSR count). The summed E-state index contributed by atoms with van der Waals surface area (Å²) in [6.45, 7) is 3.65. The van der Waals surface area contributed by atoms with E-state index in [-0.39, 0.29) is 5.91 Å². The molecule has 0 radical (unpaired) electrons. The second-order valence-corrected chi connectivity index (χ2v) is 3.45. The molecule has 0 aliphatic rings. The molecular weight excluding hydrogens is 186 g/mol. The molecule has 15 heavy (non-hydrogen) atoms. The van der Waals surface area contributed by atoms with Gasteiger partial charge in [-0.05, 0) is 12.0 Å². The van der Waals surface area contributed by atoms with E-state index in [0.717, 1.165) is 24.1 Å². The van der Waals surface area contributed by atoms with Gasteiger partial charge in [0, 0.05) is 12.6 Å². The van der Waals surface area contributed by atoms with Crippen LogP contribution < -0.4 is 5.32 Å². The lowest BCUT2D eigenvalue weighted by Gasteiger charge is -2.08. The second kappa shape index (κ2) is 6.02. The molecule has 0 saturated heterocycles. The van der Waals surface area contributed by atoms with E-state index < -0.39 is 0 Å². The fraction of sp³-hybridized carbons (Fsp3) is 0.308. The van der Waals surface area contributed by atoms with Crippen LogP contribution in [0, 0.1) is 0 Å². The number of hydrogen-bond donors (Lipinski definition) is 1. The molecule has 80 valence electrons. The molecule has 0 aliphatic heterocycles. The Morgan fingerprint density at radius 2 is 2.00 bits per heavy atom. The molecule has 1 N–H and O–H groups in total. The van der Waals surface area contributed by atoms with Gasteiger partial charge in [0.05, 0.1) is 0 Å². The minimum absolute atomic E-state index is 0.0267. The zero-order valence-electron chi connectivity index (χ0n) is 9.29. The van der Waals surface area contributed by atoms with Gasteiger partial charge in [0.2, 0.25) is 5.91 Å². The number of nitrogens with one attached hydrogen (secondary N) is 1. The fourth-order valence-corrected chi connectivity index (χ4v) is 1.34. The summed E-state index contributed by atoms with van der Waals surface area (Å²) in [7, 11) is 0. The van der Waals surface area contributed by atoms with Crippen molar-refractivity contribution >= 4 is 11.6 Å². The van der Waals surface area contributed by atoms with E-state index in [9.17, 15) is 4.79 Å². The van der Waals surface area contributed by atoms with Crippen molar-refractivity contribution in [2.45, 2.75) is 26.7 Å². The minimum atomic E-state index is -0.0267. The van der Waals surface area contributed by atoms with Crippen molar-refractivity contribution in [2.75, 3.05) is 0 Å². The Hall–Kier alpha value is -1.57. The van der Waals surface area contributed by atoms with E-state index in [1.807, 2.05) is 30.3 Å². The van der Waals surface area contributed by atoms with Gasteiger partial charge >= 0.3 is 0 Å². The number of rotatable bonds is 4. The molecule has 1 aromatic carbocycles. The number of hydrogen-bond acceptors (Lipinski definition) is 1. The Morgan fingerprint density at radius 1 is 1.33 bits per heavy atom. The standard InChI is InChI=1S/C13H17NO/c1-3-4-10-13(14-11(2)15)12-8-6-5-7-9-12/h5-10H,3-4H2,1-2H3,(H,14,15)/b13-10-. The summed E-state index contributed by atoms with van der Waals surface area (Å²) in [5.74, 6) is -0.0267. The van der Waals surface area contributed by atoms with E-state index >= 15 is 0 Å². The Labute approximate surface area is 91.0 Å². The summed E-state index contributed by atoms with van der Waals surface area (Å²) in [4.78, 5) is 11.0. The van der Waals surface area contributed by atoms with Crippen LogP contribution in [0.25, 0.3) is 5.70 Å². The molecule has 0 bridgehead atoms. The van der Waals surface area contributed by atoms with E-state index in [4.69, 9.17) is 0 Å². The third-order valence-corrected chi connectivity index (χ3v) is 2.03. The predicted octanol–water partition coefficient (Wildman–Crippen LogP) is 2.96. The van der Waals surface area contributed by atoms with E-state index in [2.05, 4.69) is 18.3 Å². The van der Waals surface area contributed by atoms with Gasteiger partial charge in [-0.2, -0.15) is 0 Å². The molecule has 0 fully saturated rings. The lowest BCUT2D eigenvalue weighted by atomic mass is 10.1. The van der Waals surface area contributed by atoms with Crippen LogP contribution in [0.1, 0.15) is 32.3 Å². The summed E-state index contributed by atoms with van der Waals surface area (Å²) in [6.07, 6.45) is 4.12. The monoisotopic (exact) mass is 203 g/mol. The zero-order chi connectivity index (χ0) is 11.1. The van der Waals surface area contributed by atoms with Crippen molar-refractivity contribution in [3.05, 3.63) is 42.0 Å². The highest BCUT2D eigenvalue weighted by Gasteiger charge is 2.01. The number of unbranched alkanes of at least 4 members (excludes halogenated alkanes) is 1. The molecule has 0 unspecified atom stereocenters. The van der Waals surface area contributed by atoms with Crippen LogP contribution >= 0.6 is 0 Å². The summed E-state index contributed by atoms with van der Waals surface area (Å²) in [5, 5.41) is 2.85. The summed E-state index contributed by atoms with van der Waals surface area (Å²) in [5.41, 5.74) is 1.96. The average Bonchev–Trinajstić information content (AvgIpc) is 2.25. The molecule has 0 aliphatic carbocycles. The van der Waals surface area contributed by atoms with Crippen molar-refractivity contribution in [3.8, 4) is 0 Å². The van der Waals surface area contributed by atoms with E-state index in [1.54, 1.807) is 0 Å². The van der Waals surface area contributed by atoms with Crippen molar-refractivity contribution in [3.63, 3.8) is 0 Å². The molecule has 1 aromatic rings. The normalized spacial score (nSPS) is 11.2. The van der Waals surface area contributed by atoms with E-state index in [0.29, 0.717) is 0 Å². The Bertz CT molecular complexity index is 341. The van der Waals surface area contributed by atoms with Crippen LogP contribution in [0.4, 0.5) is 0 Å². The van der Waals surface area contributed by atoms with Crippen LogP contribution in [0.5, 0.6) is 0 Å². The number of carbonyl (C=O) groups excluding carboxylic acids is 1. The second-order valence-electron chi connectivity index (χ2n) is 3.45. The number of benzene rings is 1. The van der Waals surface area contributed by atoms with Gasteiger partial charge < -0.3 is 5.32 Å². The minimum Gasteiger partial charge on any atom is -0.326 e. The van der Waals surface area contributed by atoms with E-state index in [1.165, 1.54) is 6.92 Å². The van der Waals surface area contributed by atoms with Crippen LogP contribution in [0.3, 0.4) is 0 Å². The van der Waals surface area contributed by atoms with Gasteiger partial charge in [-0.3, -0.25) is 4.79 Å². The van der Waals surface area contributed by atoms with Gasteiger partial charge in [-0.15, -0.1) is 0 Å². The van der Waals surface area contributed by atoms with Crippen LogP contribution in [-0.4, -0.2) is 5.91 Å². The molecule has 2 nitrogen and oxygen atoms in total. The van der Waals surface area contributed by atoms with Gasteiger partial charge in [0.15, 0.2) is 0 Å². The zero-order valence-corrected chi connectivity index (χ0v) is 9.29. The molecule has 1 amide bonds. The number of amides is 1. The lowest BCUT2D eigenvalue weighted by Crippen LogP contribution is -2.18. The molecule has 0 spiro atoms. The number of allylic oxidation sites excluding steroid dienone is 1. The molecule has 0 saturated carbocycles. The average molecular weight is 203 g/mol. The maximum Gasteiger partial charge on any atom is 0.221 e. The molecule has 0 atom stereocenters. The predicted molar refractivity (Wildman–Crippen MR) is 63.1 cm³/mol. The molecule has 2 heteroatoms. The lowest BCUT2D eigenvalue weighted by molar-refractivity contribution is -0.117. The molecule has 0 aromatic heterocycles. The van der Waals surface area contributed by atoms with Crippen molar-refractivity contribution in [2.24, 2.45) is 0 Å². The summed E-state index contributed by atoms with van der Waals surface area (Å²) >= 11 is 0. The smallest absolute Gasteiger partial charge is 0.221 e. The highest BCUT2D eigenvalue weighted by molar-refractivity contribution is 5.84. The SMILES string of the molecule is CCC/C=C(\NC(C)=O)c1ccccc1. The largest absolute Gasteiger partial charge is 0.326 e. The Kier molecular flexibility index (Phi) is 4.61. The topological polar surface area (TPSA) is 29.1 Å². The van der Waals surface area contributed by atoms with Gasteiger partial charge in [-0.1, -0.05) is 49.8 Å². The van der Waals surface area contributed by atoms with Crippen LogP contribution in [-0.2, 0) is 4.79 Å². The first-order valence-electron chi connectivity index (χ1n) is 5.27. The third kappa shape index (κ3) is 3.98. The van der Waals surface area contributed by atoms with Gasteiger partial charge in [0.1, 0.15) is 0 Å². The Morgan fingerprint density at radius 3 is 2.53 bits per heavy atom. The highest BCUT2D eigenvalue weighted by Crippen LogP contribution is 2.12. The van der Waals surface area contributed by atoms with Gasteiger partial charge in [-0.25, -0.2) is 0 Å². The number of carbonyl (C=O) groups is 1. The first-order chi connectivity index (χ1) is 7.24. The maximum atomic E-state index is 11.0. The third-order valence-electron chi connectivity index (χ3n) is 2.03. The van der Waals surface area contributed by atoms with Crippen molar-refractivity contribution < 1.29 is 4.79 Å². The van der Waals surface area contributed by atoms with Crippen LogP contribution in [0.2, 0.25) is 0 Å². The van der Waals surface area contributed by atoms with Crippen LogP contribution in [0.15, 0.2) is 36.4 Å². The highest BCUT2D eigenvalue weighted by atomic mass is 16.1.